The molecule has 1 N–H and O–H groups in total. The molecule has 0 saturated carbocycles. The van der Waals surface area contributed by atoms with Crippen LogP contribution in [0.2, 0.25) is 0 Å². The Morgan fingerprint density at radius 2 is 2.05 bits per heavy atom. The predicted octanol–water partition coefficient (Wildman–Crippen LogP) is 4.48. The predicted molar refractivity (Wildman–Crippen MR) is 88.1 cm³/mol. The molecule has 21 heavy (non-hydrogen) atoms. The SMILES string of the molecule is COc1c(C)cnc(CSc2cc3ccccc3[nH]2)c1C. The summed E-state index contributed by atoms with van der Waals surface area (Å²) in [6.07, 6.45) is 1.88. The molecule has 1 aromatic carbocycles. The highest BCUT2D eigenvalue weighted by Gasteiger charge is 2.10. The topological polar surface area (TPSA) is 37.9 Å². The van der Waals surface area contributed by atoms with Crippen molar-refractivity contribution in [1.82, 2.24) is 9.97 Å². The lowest BCUT2D eigenvalue weighted by Crippen LogP contribution is -1.98. The molecule has 2 heterocycles. The number of H-pyrrole nitrogens is 1. The minimum Gasteiger partial charge on any atom is -0.496 e. The molecule has 4 heteroatoms. The first-order chi connectivity index (χ1) is 10.2. The maximum Gasteiger partial charge on any atom is 0.128 e. The van der Waals surface area contributed by atoms with Gasteiger partial charge in [0.05, 0.1) is 17.8 Å². The second-order valence-electron chi connectivity index (χ2n) is 5.06. The van der Waals surface area contributed by atoms with Crippen molar-refractivity contribution >= 4 is 22.7 Å². The monoisotopic (exact) mass is 298 g/mol. The summed E-state index contributed by atoms with van der Waals surface area (Å²) in [5, 5.41) is 2.41. The van der Waals surface area contributed by atoms with Crippen LogP contribution in [0.3, 0.4) is 0 Å². The van der Waals surface area contributed by atoms with E-state index in [1.807, 2.05) is 19.2 Å². The first-order valence-corrected chi connectivity index (χ1v) is 7.87. The maximum absolute atomic E-state index is 5.46. The third kappa shape index (κ3) is 2.76. The Labute approximate surface area is 128 Å². The summed E-state index contributed by atoms with van der Waals surface area (Å²) in [5.41, 5.74) is 4.45. The molecule has 3 rings (SSSR count). The number of aromatic amines is 1. The molecular formula is C17H18N2OS. The molecule has 0 bridgehead atoms. The molecule has 2 aromatic heterocycles. The van der Waals surface area contributed by atoms with Crippen molar-refractivity contribution in [2.75, 3.05) is 7.11 Å². The molecular weight excluding hydrogens is 280 g/mol. The zero-order valence-corrected chi connectivity index (χ0v) is 13.3. The van der Waals surface area contributed by atoms with E-state index in [0.717, 1.165) is 33.3 Å². The van der Waals surface area contributed by atoms with Crippen molar-refractivity contribution < 1.29 is 4.74 Å². The van der Waals surface area contributed by atoms with Crippen LogP contribution < -0.4 is 4.74 Å². The molecule has 0 aliphatic heterocycles. The van der Waals surface area contributed by atoms with Gasteiger partial charge < -0.3 is 9.72 Å². The van der Waals surface area contributed by atoms with Crippen LogP contribution in [0, 0.1) is 13.8 Å². The summed E-state index contributed by atoms with van der Waals surface area (Å²) >= 11 is 1.76. The fourth-order valence-corrected chi connectivity index (χ4v) is 3.46. The van der Waals surface area contributed by atoms with Crippen LogP contribution in [-0.2, 0) is 5.75 Å². The first kappa shape index (κ1) is 14.0. The highest BCUT2D eigenvalue weighted by molar-refractivity contribution is 7.98. The van der Waals surface area contributed by atoms with E-state index >= 15 is 0 Å². The molecule has 108 valence electrons. The summed E-state index contributed by atoms with van der Waals surface area (Å²) < 4.78 is 5.46. The second kappa shape index (κ2) is 5.82. The average Bonchev–Trinajstić information content (AvgIpc) is 2.90. The van der Waals surface area contributed by atoms with Crippen LogP contribution in [0.15, 0.2) is 41.6 Å². The van der Waals surface area contributed by atoms with Crippen molar-refractivity contribution in [2.45, 2.75) is 24.6 Å². The standard InChI is InChI=1S/C17H18N2OS/c1-11-9-18-15(12(2)17(11)20-3)10-21-16-8-13-6-4-5-7-14(13)19-16/h4-9,19H,10H2,1-3H3. The maximum atomic E-state index is 5.46. The van der Waals surface area contributed by atoms with Crippen molar-refractivity contribution in [2.24, 2.45) is 0 Å². The third-order valence-electron chi connectivity index (χ3n) is 3.62. The number of pyridine rings is 1. The zero-order valence-electron chi connectivity index (χ0n) is 12.4. The number of hydrogen-bond donors (Lipinski definition) is 1. The van der Waals surface area contributed by atoms with E-state index in [4.69, 9.17) is 4.74 Å². The average molecular weight is 298 g/mol. The number of nitrogens with one attached hydrogen (secondary N) is 1. The van der Waals surface area contributed by atoms with Crippen molar-refractivity contribution in [3.8, 4) is 5.75 Å². The quantitative estimate of drug-likeness (QED) is 0.722. The van der Waals surface area contributed by atoms with E-state index in [1.165, 1.54) is 10.9 Å². The van der Waals surface area contributed by atoms with Gasteiger partial charge in [0.2, 0.25) is 0 Å². The number of hydrogen-bond acceptors (Lipinski definition) is 3. The molecule has 0 radical (unpaired) electrons. The van der Waals surface area contributed by atoms with Crippen LogP contribution in [-0.4, -0.2) is 17.1 Å². The molecule has 0 spiro atoms. The van der Waals surface area contributed by atoms with E-state index in [0.29, 0.717) is 0 Å². The summed E-state index contributed by atoms with van der Waals surface area (Å²) in [6, 6.07) is 10.5. The van der Waals surface area contributed by atoms with Gasteiger partial charge in [-0.2, -0.15) is 0 Å². The van der Waals surface area contributed by atoms with E-state index in [9.17, 15) is 0 Å². The zero-order chi connectivity index (χ0) is 14.8. The highest BCUT2D eigenvalue weighted by Crippen LogP contribution is 2.30. The minimum atomic E-state index is 0.829. The number of methoxy groups -OCH3 is 1. The molecule has 0 unspecified atom stereocenters. The highest BCUT2D eigenvalue weighted by atomic mass is 32.2. The second-order valence-corrected chi connectivity index (χ2v) is 6.07. The van der Waals surface area contributed by atoms with Crippen LogP contribution in [0.25, 0.3) is 10.9 Å². The number of ether oxygens (including phenoxy) is 1. The lowest BCUT2D eigenvalue weighted by molar-refractivity contribution is 0.407. The van der Waals surface area contributed by atoms with Gasteiger partial charge in [-0.3, -0.25) is 4.98 Å². The Balaban J connectivity index is 1.81. The van der Waals surface area contributed by atoms with Crippen molar-refractivity contribution in [1.29, 1.82) is 0 Å². The van der Waals surface area contributed by atoms with Crippen LogP contribution in [0.1, 0.15) is 16.8 Å². The fourth-order valence-electron chi connectivity index (χ4n) is 2.49. The van der Waals surface area contributed by atoms with Crippen LogP contribution in [0.5, 0.6) is 5.75 Å². The first-order valence-electron chi connectivity index (χ1n) is 6.88. The van der Waals surface area contributed by atoms with E-state index in [2.05, 4.69) is 41.2 Å². The number of nitrogens with zero attached hydrogens (tertiary/aromatic N) is 1. The van der Waals surface area contributed by atoms with Crippen LogP contribution >= 0.6 is 11.8 Å². The lowest BCUT2D eigenvalue weighted by Gasteiger charge is -2.11. The molecule has 0 fully saturated rings. The van der Waals surface area contributed by atoms with Gasteiger partial charge in [0.15, 0.2) is 0 Å². The number of benzene rings is 1. The normalized spacial score (nSPS) is 11.0. The summed E-state index contributed by atoms with van der Waals surface area (Å²) in [4.78, 5) is 7.97. The molecule has 0 amide bonds. The Kier molecular flexibility index (Phi) is 3.88. The Morgan fingerprint density at radius 3 is 2.81 bits per heavy atom. The van der Waals surface area contributed by atoms with Gasteiger partial charge >= 0.3 is 0 Å². The summed E-state index contributed by atoms with van der Waals surface area (Å²) in [7, 11) is 1.71. The van der Waals surface area contributed by atoms with Crippen molar-refractivity contribution in [3.63, 3.8) is 0 Å². The van der Waals surface area contributed by atoms with Gasteiger partial charge in [-0.25, -0.2) is 0 Å². The largest absolute Gasteiger partial charge is 0.496 e. The molecule has 3 aromatic rings. The van der Waals surface area contributed by atoms with E-state index < -0.39 is 0 Å². The van der Waals surface area contributed by atoms with Gasteiger partial charge in [0, 0.05) is 34.0 Å². The van der Waals surface area contributed by atoms with Crippen LogP contribution in [0.4, 0.5) is 0 Å². The van der Waals surface area contributed by atoms with E-state index in [-0.39, 0.29) is 0 Å². The summed E-state index contributed by atoms with van der Waals surface area (Å²) in [6.45, 7) is 4.09. The van der Waals surface area contributed by atoms with Gasteiger partial charge in [0.1, 0.15) is 5.75 Å². The smallest absolute Gasteiger partial charge is 0.128 e. The number of thioether (sulfide) groups is 1. The number of para-hydroxylation sites is 1. The van der Waals surface area contributed by atoms with Gasteiger partial charge in [0.25, 0.3) is 0 Å². The number of fused-ring (bicyclic) bond motifs is 1. The molecule has 0 saturated heterocycles. The van der Waals surface area contributed by atoms with Gasteiger partial charge in [-0.05, 0) is 26.0 Å². The Hall–Kier alpha value is -1.94. The number of aryl methyl sites for hydroxylation is 1. The summed E-state index contributed by atoms with van der Waals surface area (Å²) in [5.74, 6) is 1.77. The number of rotatable bonds is 4. The van der Waals surface area contributed by atoms with E-state index in [1.54, 1.807) is 18.9 Å². The molecule has 0 atom stereocenters. The van der Waals surface area contributed by atoms with Gasteiger partial charge in [-0.15, -0.1) is 11.8 Å². The fraction of sp³-hybridized carbons (Fsp3) is 0.235. The molecule has 0 aliphatic rings. The van der Waals surface area contributed by atoms with Crippen molar-refractivity contribution in [3.05, 3.63) is 53.3 Å². The third-order valence-corrected chi connectivity index (χ3v) is 4.57. The molecule has 0 aliphatic carbocycles. The number of aromatic nitrogens is 2. The van der Waals surface area contributed by atoms with Gasteiger partial charge in [-0.1, -0.05) is 18.2 Å². The Morgan fingerprint density at radius 1 is 1.24 bits per heavy atom. The molecule has 3 nitrogen and oxygen atoms in total. The minimum absolute atomic E-state index is 0.829. The Bertz CT molecular complexity index is 747. The lowest BCUT2D eigenvalue weighted by atomic mass is 10.1.